The fraction of sp³-hybridized carbons (Fsp3) is 0.219. The van der Waals surface area contributed by atoms with Crippen LogP contribution in [0.25, 0.3) is 0 Å². The molecule has 1 unspecified atom stereocenters. The number of rotatable bonds is 8. The number of hydrogen-bond acceptors (Lipinski definition) is 7. The van der Waals surface area contributed by atoms with Gasteiger partial charge >= 0.3 is 0 Å². The van der Waals surface area contributed by atoms with E-state index in [1.165, 1.54) is 40.7 Å². The van der Waals surface area contributed by atoms with Crippen LogP contribution in [0.15, 0.2) is 101 Å². The highest BCUT2D eigenvalue weighted by Gasteiger charge is 2.36. The van der Waals surface area contributed by atoms with E-state index in [0.29, 0.717) is 44.1 Å². The summed E-state index contributed by atoms with van der Waals surface area (Å²) in [7, 11) is -8.07. The Kier molecular flexibility index (Phi) is 8.49. The van der Waals surface area contributed by atoms with Crippen molar-refractivity contribution in [3.63, 3.8) is 0 Å². The van der Waals surface area contributed by atoms with Gasteiger partial charge in [0.2, 0.25) is 0 Å². The monoisotopic (exact) mass is 666 g/mol. The zero-order valence-corrected chi connectivity index (χ0v) is 26.7. The molecule has 4 aromatic rings. The molecule has 1 saturated heterocycles. The fourth-order valence-electron chi connectivity index (χ4n) is 5.62. The van der Waals surface area contributed by atoms with Gasteiger partial charge in [0.05, 0.1) is 50.8 Å². The van der Waals surface area contributed by atoms with Gasteiger partial charge < -0.3 is 15.0 Å². The number of ether oxygens (including phenoxy) is 1. The summed E-state index contributed by atoms with van der Waals surface area (Å²) in [4.78, 5) is 15.5. The van der Waals surface area contributed by atoms with E-state index in [4.69, 9.17) is 16.3 Å². The number of halogens is 1. The topological polar surface area (TPSA) is 125 Å². The number of benzene rings is 4. The molecule has 45 heavy (non-hydrogen) atoms. The minimum absolute atomic E-state index is 0.0209. The van der Waals surface area contributed by atoms with Crippen LogP contribution in [0.2, 0.25) is 5.02 Å². The molecule has 0 aliphatic carbocycles. The third kappa shape index (κ3) is 6.23. The first-order valence-electron chi connectivity index (χ1n) is 14.3. The second-order valence-corrected chi connectivity index (χ2v) is 14.7. The lowest BCUT2D eigenvalue weighted by atomic mass is 10.1. The maximum Gasteiger partial charge on any atom is 0.264 e. The van der Waals surface area contributed by atoms with E-state index in [-0.39, 0.29) is 37.8 Å². The predicted molar refractivity (Wildman–Crippen MR) is 175 cm³/mol. The Morgan fingerprint density at radius 2 is 1.56 bits per heavy atom. The molecule has 234 valence electrons. The second-order valence-electron chi connectivity index (χ2n) is 10.8. The van der Waals surface area contributed by atoms with Crippen LogP contribution in [-0.2, 0) is 31.2 Å². The molecule has 2 aliphatic rings. The summed E-state index contributed by atoms with van der Waals surface area (Å²) in [5, 5.41) is 3.07. The average molecular weight is 667 g/mol. The zero-order valence-electron chi connectivity index (χ0n) is 24.3. The van der Waals surface area contributed by atoms with Crippen molar-refractivity contribution in [1.82, 2.24) is 0 Å². The number of fused-ring (bicyclic) bond motifs is 1. The van der Waals surface area contributed by atoms with Crippen LogP contribution in [0.1, 0.15) is 22.8 Å². The highest BCUT2D eigenvalue weighted by atomic mass is 35.5. The van der Waals surface area contributed by atoms with E-state index < -0.39 is 26.0 Å². The first kappa shape index (κ1) is 30.9. The molecule has 0 radical (unpaired) electrons. The quantitative estimate of drug-likeness (QED) is 0.259. The first-order chi connectivity index (χ1) is 21.5. The Hall–Kier alpha value is -4.10. The van der Waals surface area contributed by atoms with Crippen molar-refractivity contribution in [2.75, 3.05) is 45.5 Å². The summed E-state index contributed by atoms with van der Waals surface area (Å²) < 4.78 is 63.7. The number of morpholine rings is 1. The fourth-order valence-corrected chi connectivity index (χ4v) is 8.70. The Labute approximate surface area is 267 Å². The third-order valence-electron chi connectivity index (χ3n) is 7.79. The number of carbonyl (C=O) groups excluding carboxylic acids is 1. The number of nitrogens with one attached hydrogen (secondary N) is 2. The lowest BCUT2D eigenvalue weighted by Gasteiger charge is -2.31. The molecule has 0 saturated carbocycles. The van der Waals surface area contributed by atoms with Crippen molar-refractivity contribution < 1.29 is 26.4 Å². The van der Waals surface area contributed by atoms with Crippen LogP contribution in [-0.4, -0.2) is 55.1 Å². The smallest absolute Gasteiger partial charge is 0.264 e. The normalized spacial score (nSPS) is 16.7. The molecule has 2 aliphatic heterocycles. The van der Waals surface area contributed by atoms with Gasteiger partial charge in [0.1, 0.15) is 0 Å². The molecule has 0 aromatic heterocycles. The Bertz CT molecular complexity index is 1980. The summed E-state index contributed by atoms with van der Waals surface area (Å²) in [5.41, 5.74) is 2.74. The maximum absolute atomic E-state index is 13.8. The lowest BCUT2D eigenvalue weighted by molar-refractivity contribution is 0.102. The lowest BCUT2D eigenvalue weighted by Crippen LogP contribution is -2.37. The van der Waals surface area contributed by atoms with Crippen molar-refractivity contribution >= 4 is 60.3 Å². The zero-order chi connectivity index (χ0) is 31.8. The largest absolute Gasteiger partial charge is 0.378 e. The SMILES string of the molecule is CC1Cc2ccccc2N1S(=O)(=O)c1cccc(C(=O)Nc2cc(S(=O)(=O)Nc3ccccc3Cl)ccc2N2CCOCC2)c1. The number of amides is 1. The third-order valence-corrected chi connectivity index (χ3v) is 11.4. The van der Waals surface area contributed by atoms with Crippen molar-refractivity contribution in [3.8, 4) is 0 Å². The van der Waals surface area contributed by atoms with Gasteiger partial charge in [-0.1, -0.05) is 48.0 Å². The molecular formula is C32H31ClN4O6S2. The molecule has 1 amide bonds. The summed E-state index contributed by atoms with van der Waals surface area (Å²) in [6, 6.07) is 23.9. The molecule has 13 heteroatoms. The maximum atomic E-state index is 13.8. The molecular weight excluding hydrogens is 636 g/mol. The Morgan fingerprint density at radius 3 is 2.33 bits per heavy atom. The standard InChI is InChI=1S/C32H31ClN4O6S2/c1-22-19-23-7-2-5-12-30(23)37(22)45(41,42)26-9-6-8-24(20-26)32(38)34-29-21-25(13-14-31(29)36-15-17-43-18-16-36)44(39,40)35-28-11-4-3-10-27(28)33/h2-14,20-22,35H,15-19H2,1H3,(H,34,38). The number of hydrogen-bond donors (Lipinski definition) is 2. The van der Waals surface area contributed by atoms with E-state index in [9.17, 15) is 21.6 Å². The van der Waals surface area contributed by atoms with Gasteiger partial charge in [0.25, 0.3) is 26.0 Å². The summed E-state index contributed by atoms with van der Waals surface area (Å²) in [6.45, 7) is 3.87. The molecule has 0 bridgehead atoms. The number of sulfonamides is 2. The summed E-state index contributed by atoms with van der Waals surface area (Å²) in [5.74, 6) is -0.593. The Balaban J connectivity index is 1.32. The number of nitrogens with zero attached hydrogens (tertiary/aromatic N) is 2. The van der Waals surface area contributed by atoms with Crippen LogP contribution in [0.5, 0.6) is 0 Å². The van der Waals surface area contributed by atoms with Gasteiger partial charge in [0.15, 0.2) is 0 Å². The van der Waals surface area contributed by atoms with Gasteiger partial charge in [-0.25, -0.2) is 16.8 Å². The summed E-state index contributed by atoms with van der Waals surface area (Å²) in [6.07, 6.45) is 0.588. The first-order valence-corrected chi connectivity index (χ1v) is 17.6. The van der Waals surface area contributed by atoms with Crippen molar-refractivity contribution in [2.45, 2.75) is 29.2 Å². The predicted octanol–water partition coefficient (Wildman–Crippen LogP) is 5.37. The van der Waals surface area contributed by atoms with Gasteiger partial charge in [-0.15, -0.1) is 0 Å². The molecule has 1 fully saturated rings. The molecule has 2 N–H and O–H groups in total. The molecule has 4 aromatic carbocycles. The van der Waals surface area contributed by atoms with E-state index >= 15 is 0 Å². The van der Waals surface area contributed by atoms with E-state index in [1.54, 1.807) is 42.5 Å². The Morgan fingerprint density at radius 1 is 0.822 bits per heavy atom. The molecule has 2 heterocycles. The van der Waals surface area contributed by atoms with Gasteiger partial charge in [-0.2, -0.15) is 0 Å². The average Bonchev–Trinajstić information content (AvgIpc) is 3.39. The van der Waals surface area contributed by atoms with Gasteiger partial charge in [-0.05, 0) is 73.5 Å². The van der Waals surface area contributed by atoms with Crippen molar-refractivity contribution in [1.29, 1.82) is 0 Å². The van der Waals surface area contributed by atoms with Gasteiger partial charge in [0, 0.05) is 24.7 Å². The highest BCUT2D eigenvalue weighted by molar-refractivity contribution is 7.93. The summed E-state index contributed by atoms with van der Waals surface area (Å²) >= 11 is 6.18. The molecule has 1 atom stereocenters. The van der Waals surface area contributed by atoms with Crippen LogP contribution < -0.4 is 19.2 Å². The molecule has 10 nitrogen and oxygen atoms in total. The highest BCUT2D eigenvalue weighted by Crippen LogP contribution is 2.37. The number of anilines is 4. The number of para-hydroxylation sites is 2. The second kappa shape index (κ2) is 12.4. The minimum atomic E-state index is -4.09. The van der Waals surface area contributed by atoms with E-state index in [2.05, 4.69) is 10.0 Å². The van der Waals surface area contributed by atoms with Crippen molar-refractivity contribution in [3.05, 3.63) is 107 Å². The molecule has 0 spiro atoms. The minimum Gasteiger partial charge on any atom is -0.378 e. The van der Waals surface area contributed by atoms with Crippen LogP contribution in [0.3, 0.4) is 0 Å². The van der Waals surface area contributed by atoms with E-state index in [0.717, 1.165) is 5.56 Å². The molecule has 6 rings (SSSR count). The van der Waals surface area contributed by atoms with Crippen LogP contribution in [0, 0.1) is 0 Å². The van der Waals surface area contributed by atoms with Gasteiger partial charge in [-0.3, -0.25) is 13.8 Å². The number of carbonyl (C=O) groups is 1. The van der Waals surface area contributed by atoms with Crippen molar-refractivity contribution in [2.24, 2.45) is 0 Å². The van der Waals surface area contributed by atoms with E-state index in [1.807, 2.05) is 24.0 Å². The van der Waals surface area contributed by atoms with Crippen LogP contribution >= 0.6 is 11.6 Å². The van der Waals surface area contributed by atoms with Crippen LogP contribution in [0.4, 0.5) is 22.7 Å².